The molecule has 0 radical (unpaired) electrons. The number of carbonyl (C=O) groups excluding carboxylic acids is 3. The van der Waals surface area contributed by atoms with E-state index in [-0.39, 0.29) is 34.6 Å². The Morgan fingerprint density at radius 2 is 1.96 bits per heavy atom. The van der Waals surface area contributed by atoms with Crippen LogP contribution in [0.15, 0.2) is 55.3 Å². The molecule has 3 aromatic rings. The molecular weight excluding hydrogens is 591 g/mol. The van der Waals surface area contributed by atoms with Gasteiger partial charge in [-0.25, -0.2) is 9.18 Å². The van der Waals surface area contributed by atoms with Crippen LogP contribution in [0.1, 0.15) is 56.9 Å². The first-order valence-corrected chi connectivity index (χ1v) is 15.3. The lowest BCUT2D eigenvalue weighted by molar-refractivity contribution is -0.451. The van der Waals surface area contributed by atoms with Crippen LogP contribution < -0.4 is 15.4 Å². The van der Waals surface area contributed by atoms with Gasteiger partial charge in [0.05, 0.1) is 31.3 Å². The van der Waals surface area contributed by atoms with Crippen molar-refractivity contribution in [2.24, 2.45) is 7.05 Å². The molecule has 1 aromatic heterocycles. The number of ether oxygens (including phenoxy) is 2. The Balaban J connectivity index is 1.50. The van der Waals surface area contributed by atoms with E-state index in [1.807, 2.05) is 13.0 Å². The van der Waals surface area contributed by atoms with Crippen LogP contribution in [-0.2, 0) is 16.6 Å². The zero-order valence-corrected chi connectivity index (χ0v) is 26.6. The molecule has 0 unspecified atom stereocenters. The Bertz CT molecular complexity index is 1690. The van der Waals surface area contributed by atoms with Crippen LogP contribution >= 0.6 is 0 Å². The highest BCUT2D eigenvalue weighted by molar-refractivity contribution is 6.07. The zero-order valence-electron chi connectivity index (χ0n) is 26.6. The number of nitrogens with one attached hydrogen (secondary N) is 2. The lowest BCUT2D eigenvalue weighted by Crippen LogP contribution is -2.47. The van der Waals surface area contributed by atoms with Crippen molar-refractivity contribution in [2.45, 2.75) is 39.3 Å². The van der Waals surface area contributed by atoms with Gasteiger partial charge in [0.1, 0.15) is 17.7 Å². The first kappa shape index (κ1) is 32.7. The van der Waals surface area contributed by atoms with Crippen molar-refractivity contribution in [2.75, 3.05) is 44.7 Å². The molecule has 1 fully saturated rings. The normalized spacial score (nSPS) is 17.5. The smallest absolute Gasteiger partial charge is 0.411 e. The van der Waals surface area contributed by atoms with E-state index in [1.54, 1.807) is 54.5 Å². The number of hydrogen-bond donors (Lipinski definition) is 2. The maximum Gasteiger partial charge on any atom is 0.411 e. The summed E-state index contributed by atoms with van der Waals surface area (Å²) in [5, 5.41) is 10.0. The van der Waals surface area contributed by atoms with Gasteiger partial charge in [-0.05, 0) is 55.2 Å². The third kappa shape index (κ3) is 7.57. The quantitative estimate of drug-likeness (QED) is 0.260. The van der Waals surface area contributed by atoms with Crippen LogP contribution in [0.5, 0.6) is 5.75 Å². The second kappa shape index (κ2) is 14.2. The van der Waals surface area contributed by atoms with Crippen molar-refractivity contribution in [3.05, 3.63) is 88.9 Å². The van der Waals surface area contributed by atoms with Crippen LogP contribution in [0, 0.1) is 19.7 Å². The van der Waals surface area contributed by atoms with Crippen LogP contribution in [0.4, 0.5) is 10.2 Å². The summed E-state index contributed by atoms with van der Waals surface area (Å²) in [6.45, 7) is 11.8. The van der Waals surface area contributed by atoms with Crippen LogP contribution in [0.2, 0.25) is 0 Å². The van der Waals surface area contributed by atoms with Crippen molar-refractivity contribution in [1.29, 1.82) is 0 Å². The van der Waals surface area contributed by atoms with Gasteiger partial charge in [-0.15, -0.1) is 0 Å². The van der Waals surface area contributed by atoms with Gasteiger partial charge in [0.25, 0.3) is 11.8 Å². The zero-order chi connectivity index (χ0) is 33.0. The molecule has 46 heavy (non-hydrogen) atoms. The van der Waals surface area contributed by atoms with Gasteiger partial charge in [-0.1, -0.05) is 18.7 Å². The number of hydrogen-bond acceptors (Lipinski definition) is 7. The molecule has 2 aliphatic heterocycles. The molecular formula is C34H40FN6O5+. The van der Waals surface area contributed by atoms with E-state index in [9.17, 15) is 18.8 Å². The molecule has 2 aliphatic rings. The average molecular weight is 632 g/mol. The number of benzene rings is 2. The van der Waals surface area contributed by atoms with E-state index < -0.39 is 17.9 Å². The van der Waals surface area contributed by atoms with Crippen molar-refractivity contribution < 1.29 is 32.8 Å². The number of halogens is 1. The van der Waals surface area contributed by atoms with Crippen molar-refractivity contribution in [3.8, 4) is 5.75 Å². The van der Waals surface area contributed by atoms with E-state index in [1.165, 1.54) is 18.2 Å². The lowest BCUT2D eigenvalue weighted by Gasteiger charge is -2.30. The standard InChI is InChI=1S/C34H39FN6O5/c1-6-32(42)41-13-12-40(18-23(41)4)19-30(24-8-7-21(2)28(35)16-24)46-29-15-22(3)26(33(43)37-31-9-11-39(5)38-31)17-27(29)34(44)36-25-10-14-45-20-25/h6-9,11,15-17,25,30H,1,10,12-14,18-20H2,2-5H3,(H-,36,37,38,43,44)/p+1/t25-,30-/m1/s1. The van der Waals surface area contributed by atoms with Crippen LogP contribution in [0.25, 0.3) is 0 Å². The highest BCUT2D eigenvalue weighted by Crippen LogP contribution is 2.31. The molecule has 0 spiro atoms. The number of aryl methyl sites for hydroxylation is 3. The van der Waals surface area contributed by atoms with Gasteiger partial charge < -0.3 is 20.1 Å². The van der Waals surface area contributed by atoms with Crippen LogP contribution in [0.3, 0.4) is 0 Å². The Morgan fingerprint density at radius 1 is 1.15 bits per heavy atom. The fourth-order valence-electron chi connectivity index (χ4n) is 5.67. The number of nitrogens with zero attached hydrogens (tertiary/aromatic N) is 4. The predicted molar refractivity (Wildman–Crippen MR) is 171 cm³/mol. The summed E-state index contributed by atoms with van der Waals surface area (Å²) in [5.41, 5.74) is 3.00. The van der Waals surface area contributed by atoms with Crippen molar-refractivity contribution in [3.63, 3.8) is 0 Å². The topological polar surface area (TPSA) is 118 Å². The summed E-state index contributed by atoms with van der Waals surface area (Å²) in [7, 11) is 1.75. The van der Waals surface area contributed by atoms with E-state index in [0.717, 1.165) is 5.71 Å². The molecule has 0 bridgehead atoms. The molecule has 242 valence electrons. The van der Waals surface area contributed by atoms with Gasteiger partial charge in [0.15, 0.2) is 18.1 Å². The van der Waals surface area contributed by atoms with Gasteiger partial charge >= 0.3 is 5.91 Å². The Kier molecular flexibility index (Phi) is 10.1. The van der Waals surface area contributed by atoms with Gasteiger partial charge in [-0.2, -0.15) is 9.67 Å². The van der Waals surface area contributed by atoms with Crippen molar-refractivity contribution >= 4 is 29.3 Å². The molecule has 0 saturated carbocycles. The second-order valence-corrected chi connectivity index (χ2v) is 11.8. The van der Waals surface area contributed by atoms with E-state index >= 15 is 0 Å². The predicted octanol–water partition coefficient (Wildman–Crippen LogP) is 3.57. The molecule has 5 rings (SSSR count). The summed E-state index contributed by atoms with van der Waals surface area (Å²) < 4.78 is 30.2. The van der Waals surface area contributed by atoms with E-state index in [2.05, 4.69) is 27.2 Å². The Hall–Kier alpha value is -4.68. The number of aromatic nitrogens is 2. The average Bonchev–Trinajstić information content (AvgIpc) is 3.69. The summed E-state index contributed by atoms with van der Waals surface area (Å²) >= 11 is 0. The van der Waals surface area contributed by atoms with Crippen molar-refractivity contribution in [1.82, 2.24) is 20.0 Å². The third-order valence-corrected chi connectivity index (χ3v) is 8.29. The Labute approximate surface area is 267 Å². The molecule has 12 heteroatoms. The third-order valence-electron chi connectivity index (χ3n) is 8.29. The number of amides is 3. The SMILES string of the molecule is C=CC(=O)[N+]1=C(C)CN(C[C@@H](Oc2cc(C)c(C(=O)Nc3ccn(C)n3)cc2C(=O)N[C@@H]2CCOC2)c2ccc(C)c(F)c2)CC1. The monoisotopic (exact) mass is 631 g/mol. The molecule has 1 saturated heterocycles. The Morgan fingerprint density at radius 3 is 2.61 bits per heavy atom. The number of rotatable bonds is 10. The minimum Gasteiger partial charge on any atom is -0.484 e. The summed E-state index contributed by atoms with van der Waals surface area (Å²) in [4.78, 5) is 41.5. The summed E-state index contributed by atoms with van der Waals surface area (Å²) in [6.07, 6.45) is 3.00. The van der Waals surface area contributed by atoms with Crippen LogP contribution in [-0.4, -0.2) is 88.1 Å². The largest absolute Gasteiger partial charge is 0.484 e. The molecule has 2 N–H and O–H groups in total. The highest BCUT2D eigenvalue weighted by Gasteiger charge is 2.31. The molecule has 11 nitrogen and oxygen atoms in total. The number of anilines is 1. The second-order valence-electron chi connectivity index (χ2n) is 11.8. The summed E-state index contributed by atoms with van der Waals surface area (Å²) in [5.74, 6) is -0.716. The fraction of sp³-hybridized carbons (Fsp3) is 0.382. The fourth-order valence-corrected chi connectivity index (χ4v) is 5.67. The van der Waals surface area contributed by atoms with E-state index in [4.69, 9.17) is 9.47 Å². The molecule has 3 amide bonds. The number of carbonyl (C=O) groups is 3. The van der Waals surface area contributed by atoms with Gasteiger partial charge in [0.2, 0.25) is 0 Å². The van der Waals surface area contributed by atoms with Gasteiger partial charge in [0, 0.05) is 51.0 Å². The minimum absolute atomic E-state index is 0.156. The van der Waals surface area contributed by atoms with E-state index in [0.29, 0.717) is 68.3 Å². The molecule has 2 atom stereocenters. The molecule has 3 heterocycles. The first-order chi connectivity index (χ1) is 22.0. The van der Waals surface area contributed by atoms with Gasteiger partial charge in [-0.3, -0.25) is 19.2 Å². The molecule has 2 aromatic carbocycles. The summed E-state index contributed by atoms with van der Waals surface area (Å²) in [6, 6.07) is 9.66. The maximum absolute atomic E-state index is 14.9. The maximum atomic E-state index is 14.9. The lowest BCUT2D eigenvalue weighted by atomic mass is 10.0. The highest BCUT2D eigenvalue weighted by atomic mass is 19.1. The molecule has 0 aliphatic carbocycles. The first-order valence-electron chi connectivity index (χ1n) is 15.3. The minimum atomic E-state index is -0.682.